The molecule has 0 saturated heterocycles. The molecule has 2 rings (SSSR count). The number of nitrogens with two attached hydrogens (primary N) is 3. The van der Waals surface area contributed by atoms with Crippen LogP contribution in [0.4, 0.5) is 0 Å². The molecule has 1 aromatic heterocycles. The van der Waals surface area contributed by atoms with Gasteiger partial charge in [0.25, 0.3) is 0 Å². The molecule has 0 spiro atoms. The minimum absolute atomic E-state index is 0.0290. The van der Waals surface area contributed by atoms with E-state index in [9.17, 15) is 77.6 Å². The van der Waals surface area contributed by atoms with Gasteiger partial charge in [0.2, 0.25) is 65.0 Å². The number of phenolic OH excluding ortho intramolecular Hbond substituents is 1. The summed E-state index contributed by atoms with van der Waals surface area (Å²) in [6.07, 6.45) is 3.14. The van der Waals surface area contributed by atoms with Gasteiger partial charge in [-0.05, 0) is 76.0 Å². The van der Waals surface area contributed by atoms with Crippen LogP contribution in [0.5, 0.6) is 5.75 Å². The number of carboxylic acids is 2. The van der Waals surface area contributed by atoms with Gasteiger partial charge in [-0.25, -0.2) is 4.98 Å². The van der Waals surface area contributed by atoms with Crippen LogP contribution in [-0.4, -0.2) is 187 Å². The number of nitrogens with one attached hydrogen (secondary N) is 10. The largest absolute Gasteiger partial charge is 0.508 e. The Labute approximate surface area is 514 Å². The maximum Gasteiger partial charge on any atom is 0.325 e. The van der Waals surface area contributed by atoms with Crippen molar-refractivity contribution in [1.29, 1.82) is 0 Å². The molecule has 0 aliphatic carbocycles. The van der Waals surface area contributed by atoms with Crippen LogP contribution in [0.3, 0.4) is 0 Å². The number of guanidine groups is 1. The van der Waals surface area contributed by atoms with Gasteiger partial charge in [0.05, 0.1) is 19.2 Å². The summed E-state index contributed by atoms with van der Waals surface area (Å²) in [5.74, 6) is -15.0. The van der Waals surface area contributed by atoms with Crippen molar-refractivity contribution < 1.29 is 77.6 Å². The Morgan fingerprint density at radius 3 is 1.69 bits per heavy atom. The fourth-order valence-electron chi connectivity index (χ4n) is 8.56. The summed E-state index contributed by atoms with van der Waals surface area (Å²) in [7, 11) is 0. The summed E-state index contributed by atoms with van der Waals surface area (Å²) in [6.45, 7) is 17.2. The third-order valence-corrected chi connectivity index (χ3v) is 13.3. The lowest BCUT2D eigenvalue weighted by Gasteiger charge is -2.31. The number of hydrogen-bond donors (Lipinski definition) is 16. The first-order valence-corrected chi connectivity index (χ1v) is 28.6. The molecule has 89 heavy (non-hydrogen) atoms. The average molecular weight is 1250 g/mol. The second-order valence-electron chi connectivity index (χ2n) is 21.7. The van der Waals surface area contributed by atoms with E-state index in [0.29, 0.717) is 17.7 Å². The summed E-state index contributed by atoms with van der Waals surface area (Å²) >= 11 is 0. The molecule has 0 unspecified atom stereocenters. The van der Waals surface area contributed by atoms with Crippen molar-refractivity contribution in [3.8, 4) is 5.75 Å². The summed E-state index contributed by atoms with van der Waals surface area (Å²) in [6, 6.07) is -9.57. The Bertz CT molecular complexity index is 2840. The van der Waals surface area contributed by atoms with Crippen LogP contribution in [0, 0.1) is 11.8 Å². The fourth-order valence-corrected chi connectivity index (χ4v) is 8.56. The standard InChI is InChI=1S/C57H86N16O16/c1-10-12-15-44(76)64-31(7)55(87)73(21-11-2)33(9)47(79)67-42(26-45(77)78)52(84)71-41(25-43(58)75)51(83)68-38(22-29(3)4)53(85)72-46(30(5)6)54(86)66-37(14-13-20-62-57(59)60)48(80)70-40(24-35-27-61-28-63-35)50(82)69-39(49(81)65-32(8)56(88)89)23-34-16-18-36(74)19-17-34/h10-11,16-19,27-33,37-42,46,74H,1-2,12-15,20-26H2,3-9H3,(H2,58,75)(H,61,63)(H,64,76)(H,65,81)(H,66,86)(H,67,79)(H,68,83)(H,69,82)(H,70,80)(H,71,84)(H,72,85)(H,77,78)(H,88,89)(H4,59,60,62)/t31-,32-,33-,37-,38-,39-,40-,41-,42-,46-/m0/s1. The molecule has 32 heteroatoms. The lowest BCUT2D eigenvalue weighted by atomic mass is 9.98. The van der Waals surface area contributed by atoms with E-state index in [2.05, 4.69) is 76.0 Å². The fraction of sp³-hybridized carbons (Fsp3) is 0.526. The van der Waals surface area contributed by atoms with Gasteiger partial charge < -0.3 is 90.3 Å². The number of aromatic amines is 1. The van der Waals surface area contributed by atoms with Crippen molar-refractivity contribution in [2.45, 2.75) is 167 Å². The Hall–Kier alpha value is -9.91. The zero-order valence-electron chi connectivity index (χ0n) is 51.0. The smallest absolute Gasteiger partial charge is 0.325 e. The Kier molecular flexibility index (Phi) is 31.8. The minimum Gasteiger partial charge on any atom is -0.508 e. The number of imidazole rings is 1. The second-order valence-corrected chi connectivity index (χ2v) is 21.7. The number of allylic oxidation sites excluding steroid dienone is 1. The van der Waals surface area contributed by atoms with Crippen LogP contribution in [0.15, 0.2) is 67.1 Å². The van der Waals surface area contributed by atoms with E-state index in [1.807, 2.05) is 0 Å². The van der Waals surface area contributed by atoms with E-state index in [-0.39, 0.29) is 69.2 Å². The normalized spacial score (nSPS) is 14.3. The summed E-state index contributed by atoms with van der Waals surface area (Å²) < 4.78 is 0. The van der Waals surface area contributed by atoms with E-state index in [1.54, 1.807) is 27.7 Å². The van der Waals surface area contributed by atoms with Crippen LogP contribution in [0.2, 0.25) is 0 Å². The molecule has 1 aromatic carbocycles. The molecule has 0 saturated carbocycles. The number of phenols is 1. The summed E-state index contributed by atoms with van der Waals surface area (Å²) in [5, 5.41) is 51.3. The lowest BCUT2D eigenvalue weighted by Crippen LogP contribution is -2.61. The number of aromatic hydroxyl groups is 1. The van der Waals surface area contributed by atoms with E-state index in [0.717, 1.165) is 4.90 Å². The zero-order chi connectivity index (χ0) is 67.2. The number of carboxylic acid groups (broad SMARTS) is 2. The summed E-state index contributed by atoms with van der Waals surface area (Å²) in [4.78, 5) is 186. The number of carbonyl (C=O) groups is 13. The highest BCUT2D eigenvalue weighted by molar-refractivity contribution is 6.00. The minimum atomic E-state index is -1.94. The molecule has 10 atom stereocenters. The van der Waals surface area contributed by atoms with Gasteiger partial charge in [0.15, 0.2) is 5.96 Å². The molecule has 0 bridgehead atoms. The van der Waals surface area contributed by atoms with Crippen molar-refractivity contribution in [3.05, 3.63) is 73.4 Å². The van der Waals surface area contributed by atoms with Gasteiger partial charge in [0, 0.05) is 44.2 Å². The molecule has 0 fully saturated rings. The molecule has 11 amide bonds. The molecule has 490 valence electrons. The molecular formula is C57H86N16O16. The number of primary amides is 1. The Morgan fingerprint density at radius 2 is 1.16 bits per heavy atom. The number of aliphatic carboxylic acids is 2. The number of H-pyrrole nitrogens is 1. The Balaban J connectivity index is 2.49. The quantitative estimate of drug-likeness (QED) is 0.0136. The van der Waals surface area contributed by atoms with Gasteiger partial charge in [-0.1, -0.05) is 52.0 Å². The highest BCUT2D eigenvalue weighted by atomic mass is 16.4. The summed E-state index contributed by atoms with van der Waals surface area (Å²) in [5.41, 5.74) is 17.3. The first-order valence-electron chi connectivity index (χ1n) is 28.6. The average Bonchev–Trinajstić information content (AvgIpc) is 3.35. The van der Waals surface area contributed by atoms with Crippen molar-refractivity contribution >= 4 is 82.9 Å². The van der Waals surface area contributed by atoms with Crippen LogP contribution in [0.25, 0.3) is 0 Å². The molecular weight excluding hydrogens is 1160 g/mol. The first kappa shape index (κ1) is 75.2. The van der Waals surface area contributed by atoms with E-state index in [1.165, 1.54) is 69.7 Å². The van der Waals surface area contributed by atoms with Gasteiger partial charge in [-0.3, -0.25) is 67.3 Å². The topological polar surface area (TPSA) is 513 Å². The highest BCUT2D eigenvalue weighted by Gasteiger charge is 2.38. The van der Waals surface area contributed by atoms with Crippen LogP contribution >= 0.6 is 0 Å². The third kappa shape index (κ3) is 27.1. The number of carbonyl (C=O) groups excluding carboxylic acids is 11. The van der Waals surface area contributed by atoms with Crippen LogP contribution < -0.4 is 65.1 Å². The Morgan fingerprint density at radius 1 is 0.629 bits per heavy atom. The first-order chi connectivity index (χ1) is 41.8. The number of nitrogens with zero attached hydrogens (tertiary/aromatic N) is 3. The van der Waals surface area contributed by atoms with E-state index < -0.39 is 156 Å². The predicted molar refractivity (Wildman–Crippen MR) is 322 cm³/mol. The number of rotatable bonds is 40. The molecule has 0 aliphatic heterocycles. The molecule has 1 heterocycles. The van der Waals surface area contributed by atoms with Crippen molar-refractivity contribution in [3.63, 3.8) is 0 Å². The highest BCUT2D eigenvalue weighted by Crippen LogP contribution is 2.15. The van der Waals surface area contributed by atoms with Gasteiger partial charge in [-0.2, -0.15) is 0 Å². The van der Waals surface area contributed by atoms with Gasteiger partial charge in [0.1, 0.15) is 66.2 Å². The second kappa shape index (κ2) is 37.6. The SMILES string of the molecule is C=CCCC(=O)N[C@@H](C)C(=O)N(CC=C)[C@@H](C)C(=O)N[C@@H](CC(=O)O)C(=O)N[C@@H](CC(N)=O)C(=O)N[C@@H](CC(C)C)C(=O)N[C@H](C(=O)N[C@@H](CCCN=C(N)N)C(=O)N[C@@H](Cc1cnc[nH]1)C(=O)N[C@@H](Cc1ccc(O)cc1)C(=O)N[C@@H](C)C(=O)O)C(C)C. The molecule has 0 radical (unpaired) electrons. The van der Waals surface area contributed by atoms with Crippen molar-refractivity contribution in [2.75, 3.05) is 13.1 Å². The predicted octanol–water partition coefficient (Wildman–Crippen LogP) is -3.14. The molecule has 32 nitrogen and oxygen atoms in total. The molecule has 0 aliphatic rings. The van der Waals surface area contributed by atoms with Gasteiger partial charge >= 0.3 is 11.9 Å². The lowest BCUT2D eigenvalue weighted by molar-refractivity contribution is -0.144. The number of amides is 11. The van der Waals surface area contributed by atoms with Gasteiger partial charge in [-0.15, -0.1) is 13.2 Å². The van der Waals surface area contributed by atoms with E-state index in [4.69, 9.17) is 17.2 Å². The maximum atomic E-state index is 14.5. The van der Waals surface area contributed by atoms with Crippen LogP contribution in [0.1, 0.15) is 105 Å². The third-order valence-electron chi connectivity index (χ3n) is 13.3. The van der Waals surface area contributed by atoms with Crippen molar-refractivity contribution in [2.24, 2.45) is 34.0 Å². The maximum absolute atomic E-state index is 14.5. The number of hydrogen-bond acceptors (Lipinski definition) is 16. The molecule has 19 N–H and O–H groups in total. The number of aliphatic imine (C=N–C) groups is 1. The number of benzene rings is 1. The number of aromatic nitrogens is 2. The molecule has 2 aromatic rings. The van der Waals surface area contributed by atoms with E-state index >= 15 is 0 Å². The van der Waals surface area contributed by atoms with Crippen LogP contribution in [-0.2, 0) is 75.2 Å². The van der Waals surface area contributed by atoms with Crippen molar-refractivity contribution in [1.82, 2.24) is 62.7 Å². The monoisotopic (exact) mass is 1250 g/mol. The zero-order valence-corrected chi connectivity index (χ0v) is 51.0.